The van der Waals surface area contributed by atoms with Gasteiger partial charge in [-0.05, 0) is 67.9 Å². The number of nitrogens with zero attached hydrogens (tertiary/aromatic N) is 1. The Balaban J connectivity index is 1.52. The van der Waals surface area contributed by atoms with Gasteiger partial charge in [-0.25, -0.2) is 0 Å². The van der Waals surface area contributed by atoms with Gasteiger partial charge in [-0.2, -0.15) is 13.2 Å². The Morgan fingerprint density at radius 3 is 2.42 bits per heavy atom. The fourth-order valence-corrected chi connectivity index (χ4v) is 4.80. The van der Waals surface area contributed by atoms with Crippen LogP contribution in [0.5, 0.6) is 11.5 Å². The first-order chi connectivity index (χ1) is 17.9. The Morgan fingerprint density at radius 1 is 1.16 bits per heavy atom. The molecule has 2 aromatic rings. The average Bonchev–Trinajstić information content (AvgIpc) is 2.89. The summed E-state index contributed by atoms with van der Waals surface area (Å²) in [6.45, 7) is 2.70. The number of likely N-dealkylation sites (tertiary alicyclic amines) is 1. The van der Waals surface area contributed by atoms with Crippen LogP contribution in [-0.4, -0.2) is 54.8 Å². The molecule has 11 heteroatoms. The van der Waals surface area contributed by atoms with Gasteiger partial charge in [0.2, 0.25) is 5.91 Å². The van der Waals surface area contributed by atoms with E-state index in [-0.39, 0.29) is 41.3 Å². The van der Waals surface area contributed by atoms with Gasteiger partial charge < -0.3 is 25.2 Å². The second-order valence-corrected chi connectivity index (χ2v) is 10.1. The summed E-state index contributed by atoms with van der Waals surface area (Å²) in [4.78, 5) is 25.4. The highest BCUT2D eigenvalue weighted by molar-refractivity contribution is 6.33. The van der Waals surface area contributed by atoms with Gasteiger partial charge in [-0.3, -0.25) is 9.59 Å². The van der Waals surface area contributed by atoms with Crippen LogP contribution in [0.3, 0.4) is 0 Å². The third-order valence-electron chi connectivity index (χ3n) is 6.92. The Bertz CT molecular complexity index is 1140. The molecule has 2 aromatic carbocycles. The van der Waals surface area contributed by atoms with Gasteiger partial charge in [-0.15, -0.1) is 0 Å². The van der Waals surface area contributed by atoms with Gasteiger partial charge in [0.05, 0.1) is 24.3 Å². The van der Waals surface area contributed by atoms with E-state index in [2.05, 4.69) is 0 Å². The van der Waals surface area contributed by atoms with E-state index in [1.807, 2.05) is 6.92 Å². The molecule has 0 unspecified atom stereocenters. The number of primary amides is 1. The maximum absolute atomic E-state index is 14.0. The number of alkyl halides is 3. The van der Waals surface area contributed by atoms with Gasteiger partial charge in [0.1, 0.15) is 11.5 Å². The predicted molar refractivity (Wildman–Crippen MR) is 136 cm³/mol. The highest BCUT2D eigenvalue weighted by atomic mass is 35.5. The first kappa shape index (κ1) is 29.6. The molecule has 0 bridgehead atoms. The summed E-state index contributed by atoms with van der Waals surface area (Å²) in [5, 5.41) is 10.9. The molecule has 2 amide bonds. The molecule has 0 saturated carbocycles. The zero-order valence-corrected chi connectivity index (χ0v) is 22.0. The summed E-state index contributed by atoms with van der Waals surface area (Å²) in [6, 6.07) is 9.52. The molecule has 0 spiro atoms. The van der Waals surface area contributed by atoms with Crippen molar-refractivity contribution in [2.45, 2.75) is 44.4 Å². The number of piperidine rings is 1. The number of amides is 2. The normalized spacial score (nSPS) is 17.0. The van der Waals surface area contributed by atoms with E-state index in [0.29, 0.717) is 25.2 Å². The van der Waals surface area contributed by atoms with Crippen LogP contribution in [0, 0.1) is 11.8 Å². The van der Waals surface area contributed by atoms with Gasteiger partial charge in [0, 0.05) is 18.7 Å². The number of aliphatic hydroxyl groups is 1. The molecule has 0 radical (unpaired) electrons. The monoisotopic (exact) mass is 556 g/mol. The summed E-state index contributed by atoms with van der Waals surface area (Å²) in [6.07, 6.45) is -2.48. The van der Waals surface area contributed by atoms with Crippen LogP contribution in [0.2, 0.25) is 5.02 Å². The van der Waals surface area contributed by atoms with Crippen molar-refractivity contribution in [3.8, 4) is 11.5 Å². The van der Waals surface area contributed by atoms with Crippen LogP contribution in [0.1, 0.15) is 48.5 Å². The van der Waals surface area contributed by atoms with E-state index >= 15 is 0 Å². The third kappa shape index (κ3) is 6.71. The van der Waals surface area contributed by atoms with E-state index in [9.17, 15) is 27.9 Å². The van der Waals surface area contributed by atoms with Crippen molar-refractivity contribution < 1.29 is 37.3 Å². The maximum atomic E-state index is 14.0. The molecule has 1 aliphatic rings. The van der Waals surface area contributed by atoms with Crippen LogP contribution in [-0.2, 0) is 10.4 Å². The molecule has 208 valence electrons. The van der Waals surface area contributed by atoms with Crippen molar-refractivity contribution in [1.82, 2.24) is 4.90 Å². The van der Waals surface area contributed by atoms with Crippen molar-refractivity contribution in [3.63, 3.8) is 0 Å². The maximum Gasteiger partial charge on any atom is 0.430 e. The zero-order chi connectivity index (χ0) is 28.1. The minimum atomic E-state index is -5.20. The summed E-state index contributed by atoms with van der Waals surface area (Å²) < 4.78 is 52.8. The molecule has 3 N–H and O–H groups in total. The molecular weight excluding hydrogens is 525 g/mol. The minimum absolute atomic E-state index is 0.112. The number of halogens is 4. The lowest BCUT2D eigenvalue weighted by molar-refractivity contribution is -0.262. The van der Waals surface area contributed by atoms with Gasteiger partial charge in [-0.1, -0.05) is 30.7 Å². The van der Waals surface area contributed by atoms with Crippen molar-refractivity contribution >= 4 is 23.4 Å². The van der Waals surface area contributed by atoms with Crippen LogP contribution < -0.4 is 15.2 Å². The van der Waals surface area contributed by atoms with Gasteiger partial charge in [0.15, 0.2) is 0 Å². The fraction of sp³-hybridized carbons (Fsp3) is 0.481. The number of hydrogen-bond donors (Lipinski definition) is 2. The summed E-state index contributed by atoms with van der Waals surface area (Å²) >= 11 is 6.05. The molecule has 3 rings (SSSR count). The smallest absolute Gasteiger partial charge is 0.430 e. The van der Waals surface area contributed by atoms with Crippen LogP contribution in [0.25, 0.3) is 0 Å². The van der Waals surface area contributed by atoms with Gasteiger partial charge in [0.25, 0.3) is 11.5 Å². The van der Waals surface area contributed by atoms with Crippen molar-refractivity contribution in [2.24, 2.45) is 17.6 Å². The Labute approximate surface area is 224 Å². The van der Waals surface area contributed by atoms with E-state index in [1.54, 1.807) is 6.07 Å². The minimum Gasteiger partial charge on any atom is -0.497 e. The molecule has 1 saturated heterocycles. The van der Waals surface area contributed by atoms with E-state index in [4.69, 9.17) is 26.8 Å². The first-order valence-electron chi connectivity index (χ1n) is 12.3. The van der Waals surface area contributed by atoms with Gasteiger partial charge >= 0.3 is 6.18 Å². The summed E-state index contributed by atoms with van der Waals surface area (Å²) in [5.41, 5.74) is 1.24. The Morgan fingerprint density at radius 2 is 1.84 bits per heavy atom. The highest BCUT2D eigenvalue weighted by Crippen LogP contribution is 2.42. The zero-order valence-electron chi connectivity index (χ0n) is 21.3. The molecule has 7 nitrogen and oxygen atoms in total. The lowest BCUT2D eigenvalue weighted by Gasteiger charge is -2.38. The van der Waals surface area contributed by atoms with Crippen LogP contribution in [0.4, 0.5) is 13.2 Å². The van der Waals surface area contributed by atoms with E-state index < -0.39 is 29.2 Å². The van der Waals surface area contributed by atoms with Crippen molar-refractivity contribution in [1.29, 1.82) is 0 Å². The lowest BCUT2D eigenvalue weighted by atomic mass is 9.87. The number of benzene rings is 2. The molecule has 0 aliphatic carbocycles. The highest BCUT2D eigenvalue weighted by Gasteiger charge is 2.62. The first-order valence-corrected chi connectivity index (χ1v) is 12.7. The second-order valence-electron chi connectivity index (χ2n) is 9.68. The standard InChI is InChI=1S/C27H32ClF3N2O5/c1-17(16-38-21-8-9-22(24(32)34)23(28)15-21)6-7-18-10-12-33(13-11-18)25(35)26(36,27(29,30)31)19-4-3-5-20(14-19)37-2/h3-5,8-9,14-15,17-18,36H,6-7,10-13,16H2,1-2H3,(H2,32,34)/t17-,26+/m0/s1. The lowest BCUT2D eigenvalue weighted by Crippen LogP contribution is -2.57. The number of nitrogens with two attached hydrogens (primary N) is 1. The quantitative estimate of drug-likeness (QED) is 0.432. The van der Waals surface area contributed by atoms with E-state index in [1.165, 1.54) is 31.4 Å². The molecular formula is C27H32ClF3N2O5. The fourth-order valence-electron chi connectivity index (χ4n) is 4.54. The number of rotatable bonds is 10. The number of methoxy groups -OCH3 is 1. The summed E-state index contributed by atoms with van der Waals surface area (Å²) in [5.74, 6) is -0.938. The molecule has 0 aromatic heterocycles. The Hall–Kier alpha value is -2.98. The number of hydrogen-bond acceptors (Lipinski definition) is 5. The Kier molecular flexibility index (Phi) is 9.54. The second kappa shape index (κ2) is 12.3. The SMILES string of the molecule is COc1cccc([C@@](O)(C(=O)N2CCC(CC[C@H](C)COc3ccc(C(N)=O)c(Cl)c3)CC2)C(F)(F)F)c1. The molecule has 38 heavy (non-hydrogen) atoms. The van der Waals surface area contributed by atoms with Crippen molar-refractivity contribution in [2.75, 3.05) is 26.8 Å². The molecule has 1 heterocycles. The topological polar surface area (TPSA) is 102 Å². The van der Waals surface area contributed by atoms with E-state index in [0.717, 1.165) is 29.9 Å². The molecule has 1 fully saturated rings. The number of carbonyl (C=O) groups is 2. The molecule has 2 atom stereocenters. The average molecular weight is 557 g/mol. The van der Waals surface area contributed by atoms with Crippen molar-refractivity contribution in [3.05, 3.63) is 58.6 Å². The van der Waals surface area contributed by atoms with Crippen LogP contribution in [0.15, 0.2) is 42.5 Å². The third-order valence-corrected chi connectivity index (χ3v) is 7.23. The largest absolute Gasteiger partial charge is 0.497 e. The number of carbonyl (C=O) groups excluding carboxylic acids is 2. The van der Waals surface area contributed by atoms with Crippen LogP contribution >= 0.6 is 11.6 Å². The predicted octanol–water partition coefficient (Wildman–Crippen LogP) is 4.93. The number of ether oxygens (including phenoxy) is 2. The summed E-state index contributed by atoms with van der Waals surface area (Å²) in [7, 11) is 1.30. The molecule has 1 aliphatic heterocycles.